The SMILES string of the molecule is CCC(=O)C1=C(O)CC(c2c(C)nn(C)c2SC)CC1=O. The lowest BCUT2D eigenvalue weighted by molar-refractivity contribution is -0.122. The van der Waals surface area contributed by atoms with Crippen molar-refractivity contribution in [1.82, 2.24) is 9.78 Å². The van der Waals surface area contributed by atoms with Gasteiger partial charge in [0.1, 0.15) is 5.76 Å². The van der Waals surface area contributed by atoms with Crippen LogP contribution in [0.3, 0.4) is 0 Å². The predicted octanol–water partition coefficient (Wildman–Crippen LogP) is 2.69. The van der Waals surface area contributed by atoms with Crippen LogP contribution in [0.1, 0.15) is 43.4 Å². The van der Waals surface area contributed by atoms with Gasteiger partial charge in [-0.05, 0) is 13.2 Å². The fourth-order valence-electron chi connectivity index (χ4n) is 2.96. The van der Waals surface area contributed by atoms with E-state index in [0.717, 1.165) is 16.3 Å². The van der Waals surface area contributed by atoms with Crippen LogP contribution >= 0.6 is 11.8 Å². The van der Waals surface area contributed by atoms with E-state index in [4.69, 9.17) is 0 Å². The zero-order valence-corrected chi connectivity index (χ0v) is 13.6. The van der Waals surface area contributed by atoms with Crippen LogP contribution in [0, 0.1) is 6.92 Å². The third-order valence-corrected chi connectivity index (χ3v) is 4.73. The number of Topliss-reactive ketones (excluding diaryl/α,β-unsaturated/α-hetero) is 2. The number of aliphatic hydroxyl groups is 1. The molecule has 114 valence electrons. The molecule has 0 spiro atoms. The first-order valence-electron chi connectivity index (χ1n) is 6.96. The van der Waals surface area contributed by atoms with E-state index < -0.39 is 0 Å². The Balaban J connectivity index is 2.41. The van der Waals surface area contributed by atoms with Crippen molar-refractivity contribution in [2.24, 2.45) is 7.05 Å². The molecule has 1 N–H and O–H groups in total. The minimum atomic E-state index is -0.274. The molecule has 2 rings (SSSR count). The van der Waals surface area contributed by atoms with Crippen molar-refractivity contribution in [3.05, 3.63) is 22.6 Å². The molecule has 0 aliphatic heterocycles. The zero-order valence-electron chi connectivity index (χ0n) is 12.8. The Kier molecular flexibility index (Phi) is 4.56. The molecule has 0 fully saturated rings. The van der Waals surface area contributed by atoms with Gasteiger partial charge in [-0.3, -0.25) is 14.3 Å². The summed E-state index contributed by atoms with van der Waals surface area (Å²) < 4.78 is 1.80. The van der Waals surface area contributed by atoms with Gasteiger partial charge in [0, 0.05) is 37.8 Å². The molecule has 6 heteroatoms. The number of ketones is 2. The lowest BCUT2D eigenvalue weighted by atomic mass is 9.81. The Morgan fingerprint density at radius 2 is 2.14 bits per heavy atom. The number of aryl methyl sites for hydroxylation is 2. The van der Waals surface area contributed by atoms with Crippen LogP contribution in [-0.2, 0) is 16.6 Å². The molecule has 1 atom stereocenters. The largest absolute Gasteiger partial charge is 0.511 e. The molecule has 0 bridgehead atoms. The third-order valence-electron chi connectivity index (χ3n) is 3.85. The normalized spacial score (nSPS) is 19.2. The van der Waals surface area contributed by atoms with E-state index in [1.807, 2.05) is 20.2 Å². The molecule has 1 aliphatic carbocycles. The lowest BCUT2D eigenvalue weighted by Gasteiger charge is -2.23. The summed E-state index contributed by atoms with van der Waals surface area (Å²) >= 11 is 1.58. The fraction of sp³-hybridized carbons (Fsp3) is 0.533. The second-order valence-corrected chi connectivity index (χ2v) is 6.05. The molecule has 1 unspecified atom stereocenters. The summed E-state index contributed by atoms with van der Waals surface area (Å²) in [4.78, 5) is 24.0. The molecule has 1 aliphatic rings. The molecule has 0 saturated carbocycles. The number of allylic oxidation sites excluding steroid dienone is 2. The second kappa shape index (κ2) is 6.05. The average molecular weight is 308 g/mol. The van der Waals surface area contributed by atoms with Crippen molar-refractivity contribution in [2.45, 2.75) is 44.1 Å². The Hall–Kier alpha value is -1.56. The van der Waals surface area contributed by atoms with Gasteiger partial charge in [0.25, 0.3) is 0 Å². The van der Waals surface area contributed by atoms with E-state index in [1.165, 1.54) is 0 Å². The molecule has 0 aromatic carbocycles. The molecule has 0 saturated heterocycles. The van der Waals surface area contributed by atoms with Gasteiger partial charge in [-0.15, -0.1) is 11.8 Å². The number of hydrogen-bond acceptors (Lipinski definition) is 5. The predicted molar refractivity (Wildman–Crippen MR) is 81.7 cm³/mol. The molecule has 21 heavy (non-hydrogen) atoms. The molecule has 1 heterocycles. The van der Waals surface area contributed by atoms with Gasteiger partial charge < -0.3 is 5.11 Å². The summed E-state index contributed by atoms with van der Waals surface area (Å²) in [6.07, 6.45) is 2.78. The van der Waals surface area contributed by atoms with Gasteiger partial charge in [-0.2, -0.15) is 5.10 Å². The molecule has 0 amide bonds. The topological polar surface area (TPSA) is 72.2 Å². The van der Waals surface area contributed by atoms with Crippen LogP contribution < -0.4 is 0 Å². The summed E-state index contributed by atoms with van der Waals surface area (Å²) in [6.45, 7) is 3.60. The van der Waals surface area contributed by atoms with Crippen molar-refractivity contribution in [1.29, 1.82) is 0 Å². The average Bonchev–Trinajstić information content (AvgIpc) is 2.71. The van der Waals surface area contributed by atoms with E-state index in [0.29, 0.717) is 6.42 Å². The van der Waals surface area contributed by atoms with Gasteiger partial charge in [-0.25, -0.2) is 0 Å². The molecule has 0 radical (unpaired) electrons. The van der Waals surface area contributed by atoms with Crippen molar-refractivity contribution < 1.29 is 14.7 Å². The van der Waals surface area contributed by atoms with Crippen LogP contribution in [0.5, 0.6) is 0 Å². The van der Waals surface area contributed by atoms with Gasteiger partial charge in [-0.1, -0.05) is 6.92 Å². The van der Waals surface area contributed by atoms with E-state index in [-0.39, 0.29) is 41.7 Å². The Morgan fingerprint density at radius 3 is 2.67 bits per heavy atom. The third kappa shape index (κ3) is 2.77. The Morgan fingerprint density at radius 1 is 1.48 bits per heavy atom. The number of thioether (sulfide) groups is 1. The highest BCUT2D eigenvalue weighted by molar-refractivity contribution is 7.98. The van der Waals surface area contributed by atoms with Gasteiger partial charge in [0.2, 0.25) is 0 Å². The minimum Gasteiger partial charge on any atom is -0.511 e. The molecular formula is C15H20N2O3S. The van der Waals surface area contributed by atoms with Gasteiger partial charge in [0.05, 0.1) is 16.3 Å². The van der Waals surface area contributed by atoms with Gasteiger partial charge in [0.15, 0.2) is 11.6 Å². The molecule has 5 nitrogen and oxygen atoms in total. The highest BCUT2D eigenvalue weighted by Gasteiger charge is 2.34. The van der Waals surface area contributed by atoms with E-state index >= 15 is 0 Å². The summed E-state index contributed by atoms with van der Waals surface area (Å²) in [6, 6.07) is 0. The standard InChI is InChI=1S/C15H20N2O3S/c1-5-10(18)14-11(19)6-9(7-12(14)20)13-8(2)16-17(3)15(13)21-4/h9,19H,5-7H2,1-4H3. The number of carbonyl (C=O) groups is 2. The van der Waals surface area contributed by atoms with Crippen LogP contribution in [0.25, 0.3) is 0 Å². The first-order valence-corrected chi connectivity index (χ1v) is 8.19. The van der Waals surface area contributed by atoms with Crippen molar-refractivity contribution in [3.63, 3.8) is 0 Å². The number of aliphatic hydroxyl groups excluding tert-OH is 1. The number of nitrogens with zero attached hydrogens (tertiary/aromatic N) is 2. The second-order valence-electron chi connectivity index (χ2n) is 5.26. The monoisotopic (exact) mass is 308 g/mol. The first-order chi connectivity index (χ1) is 9.90. The summed E-state index contributed by atoms with van der Waals surface area (Å²) in [5.41, 5.74) is 1.88. The Labute approximate surface area is 128 Å². The fourth-order valence-corrected chi connectivity index (χ4v) is 3.80. The van der Waals surface area contributed by atoms with Crippen molar-refractivity contribution in [3.8, 4) is 0 Å². The smallest absolute Gasteiger partial charge is 0.170 e. The maximum Gasteiger partial charge on any atom is 0.170 e. The highest BCUT2D eigenvalue weighted by atomic mass is 32.2. The van der Waals surface area contributed by atoms with Crippen molar-refractivity contribution in [2.75, 3.05) is 6.26 Å². The Bertz CT molecular complexity index is 631. The quantitative estimate of drug-likeness (QED) is 0.684. The summed E-state index contributed by atoms with van der Waals surface area (Å²) in [5, 5.41) is 15.5. The number of aromatic nitrogens is 2. The highest BCUT2D eigenvalue weighted by Crippen LogP contribution is 2.39. The van der Waals surface area contributed by atoms with E-state index in [2.05, 4.69) is 5.10 Å². The first kappa shape index (κ1) is 15.8. The molecule has 1 aromatic rings. The van der Waals surface area contributed by atoms with Crippen LogP contribution in [0.2, 0.25) is 0 Å². The number of hydrogen-bond donors (Lipinski definition) is 1. The molecule has 1 aromatic heterocycles. The summed E-state index contributed by atoms with van der Waals surface area (Å²) in [7, 11) is 1.87. The maximum absolute atomic E-state index is 12.2. The van der Waals surface area contributed by atoms with Crippen molar-refractivity contribution >= 4 is 23.3 Å². The van der Waals surface area contributed by atoms with Gasteiger partial charge >= 0.3 is 0 Å². The number of rotatable bonds is 4. The minimum absolute atomic E-state index is 0.000921. The summed E-state index contributed by atoms with van der Waals surface area (Å²) in [5.74, 6) is -0.713. The maximum atomic E-state index is 12.2. The van der Waals surface area contributed by atoms with E-state index in [9.17, 15) is 14.7 Å². The van der Waals surface area contributed by atoms with Crippen LogP contribution in [0.4, 0.5) is 0 Å². The zero-order chi connectivity index (χ0) is 15.7. The number of carbonyl (C=O) groups excluding carboxylic acids is 2. The molecular weight excluding hydrogens is 288 g/mol. The lowest BCUT2D eigenvalue weighted by Crippen LogP contribution is -2.23. The van der Waals surface area contributed by atoms with E-state index in [1.54, 1.807) is 23.4 Å². The van der Waals surface area contributed by atoms with Crippen LogP contribution in [-0.4, -0.2) is 32.7 Å². The van der Waals surface area contributed by atoms with Crippen LogP contribution in [0.15, 0.2) is 16.4 Å².